The maximum Gasteiger partial charge on any atom is 0.334 e. The summed E-state index contributed by atoms with van der Waals surface area (Å²) in [6.07, 6.45) is 1.71. The molecule has 1 heterocycles. The minimum absolute atomic E-state index is 0.0132. The largest absolute Gasteiger partial charge is 0.361 e. The Labute approximate surface area is 157 Å². The van der Waals surface area contributed by atoms with E-state index in [1.165, 1.54) is 10.8 Å². The molecule has 0 spiro atoms. The summed E-state index contributed by atoms with van der Waals surface area (Å²) in [5, 5.41) is 0. The van der Waals surface area contributed by atoms with Gasteiger partial charge in [0.15, 0.2) is 6.29 Å². The first kappa shape index (κ1) is 22.7. The fourth-order valence-corrected chi connectivity index (χ4v) is 3.55. The second-order valence-corrected chi connectivity index (χ2v) is 20.1. The minimum Gasteiger partial charge on any atom is -0.361 e. The molecule has 0 fully saturated rings. The lowest BCUT2D eigenvalue weighted by atomic mass is 10.4. The highest BCUT2D eigenvalue weighted by Gasteiger charge is 2.15. The van der Waals surface area contributed by atoms with Crippen LogP contribution in [0.2, 0.25) is 51.4 Å². The highest BCUT2D eigenvalue weighted by Crippen LogP contribution is 2.08. The molecule has 0 saturated carbocycles. The Hall–Kier alpha value is -1.30. The Kier molecular flexibility index (Phi) is 8.38. The van der Waals surface area contributed by atoms with Crippen molar-refractivity contribution in [1.82, 2.24) is 9.13 Å². The second kappa shape index (κ2) is 9.58. The number of carbonyl (C=O) groups excluding carboxylic acids is 1. The topological polar surface area (TPSA) is 79.5 Å². The molecule has 0 unspecified atom stereocenters. The van der Waals surface area contributed by atoms with E-state index in [0.29, 0.717) is 19.5 Å². The maximum absolute atomic E-state index is 12.5. The maximum atomic E-state index is 12.5. The van der Waals surface area contributed by atoms with Crippen LogP contribution in [0.15, 0.2) is 15.8 Å². The van der Waals surface area contributed by atoms with Crippen molar-refractivity contribution in [3.8, 4) is 0 Å². The molecular weight excluding hydrogens is 368 g/mol. The van der Waals surface area contributed by atoms with Crippen LogP contribution in [0.3, 0.4) is 0 Å². The molecule has 0 N–H and O–H groups in total. The number of aromatic nitrogens is 2. The Balaban J connectivity index is 2.85. The van der Waals surface area contributed by atoms with Gasteiger partial charge in [0.25, 0.3) is 5.56 Å². The highest BCUT2D eigenvalue weighted by atomic mass is 28.3. The lowest BCUT2D eigenvalue weighted by Gasteiger charge is -2.17. The third-order valence-corrected chi connectivity index (χ3v) is 7.24. The zero-order valence-corrected chi connectivity index (χ0v) is 18.8. The first-order valence-electron chi connectivity index (χ1n) is 8.89. The van der Waals surface area contributed by atoms with E-state index in [9.17, 15) is 14.4 Å². The average Bonchev–Trinajstić information content (AvgIpc) is 2.50. The smallest absolute Gasteiger partial charge is 0.334 e. The first-order valence-corrected chi connectivity index (χ1v) is 16.3. The molecule has 0 aliphatic rings. The van der Waals surface area contributed by atoms with Gasteiger partial charge >= 0.3 is 5.69 Å². The number of nitrogens with zero attached hydrogens (tertiary/aromatic N) is 2. The highest BCUT2D eigenvalue weighted by molar-refractivity contribution is 6.76. The molecule has 1 rings (SSSR count). The molecule has 26 heavy (non-hydrogen) atoms. The molecule has 1 aromatic rings. The Morgan fingerprint density at radius 1 is 0.923 bits per heavy atom. The van der Waals surface area contributed by atoms with Crippen LogP contribution in [0.25, 0.3) is 0 Å². The molecule has 0 bridgehead atoms. The number of rotatable bonds is 11. The van der Waals surface area contributed by atoms with Gasteiger partial charge in [-0.3, -0.25) is 14.2 Å². The summed E-state index contributed by atoms with van der Waals surface area (Å²) in [5.41, 5.74) is -1.23. The van der Waals surface area contributed by atoms with Crippen LogP contribution >= 0.6 is 0 Å². The molecule has 0 radical (unpaired) electrons. The Morgan fingerprint density at radius 3 is 1.88 bits per heavy atom. The van der Waals surface area contributed by atoms with E-state index < -0.39 is 27.4 Å². The summed E-state index contributed by atoms with van der Waals surface area (Å²) >= 11 is 0. The van der Waals surface area contributed by atoms with Crippen LogP contribution in [-0.2, 0) is 22.9 Å². The van der Waals surface area contributed by atoms with E-state index >= 15 is 0 Å². The summed E-state index contributed by atoms with van der Waals surface area (Å²) in [6.45, 7) is 14.3. The number of hydrogen-bond donors (Lipinski definition) is 0. The van der Waals surface area contributed by atoms with Crippen LogP contribution < -0.4 is 11.2 Å². The van der Waals surface area contributed by atoms with Gasteiger partial charge in [-0.05, 0) is 12.1 Å². The van der Waals surface area contributed by atoms with Crippen molar-refractivity contribution in [2.75, 3.05) is 13.2 Å². The van der Waals surface area contributed by atoms with Crippen molar-refractivity contribution < 1.29 is 14.3 Å². The van der Waals surface area contributed by atoms with Gasteiger partial charge in [-0.2, -0.15) is 0 Å². The number of carbonyl (C=O) groups is 1. The van der Waals surface area contributed by atoms with Gasteiger partial charge in [-0.1, -0.05) is 39.3 Å². The molecule has 0 aliphatic carbocycles. The van der Waals surface area contributed by atoms with Crippen molar-refractivity contribution in [2.24, 2.45) is 0 Å². The summed E-state index contributed by atoms with van der Waals surface area (Å²) < 4.78 is 13.3. The van der Waals surface area contributed by atoms with Gasteiger partial charge in [0.2, 0.25) is 0 Å². The number of aldehydes is 1. The number of hydrogen-bond acceptors (Lipinski definition) is 5. The van der Waals surface area contributed by atoms with E-state index in [-0.39, 0.29) is 19.0 Å². The standard InChI is InChI=1S/C17H32N2O5Si2/c1-25(2,3)9-7-23-13-18-11-15(12-20)16(21)19(17(18)22)14-24-8-10-26(4,5)6/h11-12H,7-10,13-14H2,1-6H3. The molecule has 0 aromatic carbocycles. The normalized spacial score (nSPS) is 12.4. The van der Waals surface area contributed by atoms with Gasteiger partial charge in [0.1, 0.15) is 13.5 Å². The van der Waals surface area contributed by atoms with Gasteiger partial charge in [0.05, 0.1) is 5.56 Å². The minimum atomic E-state index is -1.26. The van der Waals surface area contributed by atoms with Crippen molar-refractivity contribution in [3.63, 3.8) is 0 Å². The van der Waals surface area contributed by atoms with E-state index in [1.54, 1.807) is 0 Å². The third kappa shape index (κ3) is 7.94. The molecule has 9 heteroatoms. The molecular formula is C17H32N2O5Si2. The summed E-state index contributed by atoms with van der Waals surface area (Å²) in [6, 6.07) is 1.91. The van der Waals surface area contributed by atoms with Gasteiger partial charge in [-0.25, -0.2) is 9.36 Å². The monoisotopic (exact) mass is 400 g/mol. The van der Waals surface area contributed by atoms with Gasteiger partial charge in [-0.15, -0.1) is 0 Å². The zero-order chi connectivity index (χ0) is 20.0. The molecule has 7 nitrogen and oxygen atoms in total. The molecule has 1 aromatic heterocycles. The van der Waals surface area contributed by atoms with Crippen molar-refractivity contribution in [3.05, 3.63) is 32.6 Å². The SMILES string of the molecule is C[Si](C)(C)CCOCn1cc(C=O)c(=O)n(COCC[Si](C)(C)C)c1=O. The summed E-state index contributed by atoms with van der Waals surface area (Å²) in [7, 11) is -2.48. The second-order valence-electron chi connectivity index (χ2n) is 8.88. The third-order valence-electron chi connectivity index (χ3n) is 3.83. The van der Waals surface area contributed by atoms with Crippen LogP contribution in [0.5, 0.6) is 0 Å². The van der Waals surface area contributed by atoms with Crippen LogP contribution in [-0.4, -0.2) is 44.8 Å². The van der Waals surface area contributed by atoms with E-state index in [0.717, 1.165) is 16.7 Å². The molecule has 0 saturated heterocycles. The lowest BCUT2D eigenvalue weighted by molar-refractivity contribution is 0.0653. The van der Waals surface area contributed by atoms with Crippen molar-refractivity contribution in [1.29, 1.82) is 0 Å². The van der Waals surface area contributed by atoms with Crippen molar-refractivity contribution >= 4 is 22.4 Å². The Bertz CT molecular complexity index is 714. The molecule has 0 atom stereocenters. The summed E-state index contributed by atoms with van der Waals surface area (Å²) in [4.78, 5) is 35.9. The predicted octanol–water partition coefficient (Wildman–Crippen LogP) is 2.45. The molecule has 0 aliphatic heterocycles. The van der Waals surface area contributed by atoms with Crippen LogP contribution in [0.1, 0.15) is 10.4 Å². The predicted molar refractivity (Wildman–Crippen MR) is 109 cm³/mol. The Morgan fingerprint density at radius 2 is 1.42 bits per heavy atom. The van der Waals surface area contributed by atoms with Crippen molar-refractivity contribution in [2.45, 2.75) is 64.8 Å². The number of ether oxygens (including phenoxy) is 2. The fourth-order valence-electron chi connectivity index (χ4n) is 2.04. The molecule has 0 amide bonds. The van der Waals surface area contributed by atoms with E-state index in [2.05, 4.69) is 39.3 Å². The first-order chi connectivity index (χ1) is 11.9. The van der Waals surface area contributed by atoms with E-state index in [4.69, 9.17) is 9.47 Å². The summed E-state index contributed by atoms with van der Waals surface area (Å²) in [5.74, 6) is 0. The van der Waals surface area contributed by atoms with Gasteiger partial charge < -0.3 is 9.47 Å². The fraction of sp³-hybridized carbons (Fsp3) is 0.706. The average molecular weight is 401 g/mol. The van der Waals surface area contributed by atoms with Crippen LogP contribution in [0, 0.1) is 0 Å². The van der Waals surface area contributed by atoms with E-state index in [1.807, 2.05) is 0 Å². The van der Waals surface area contributed by atoms with Gasteiger partial charge in [0, 0.05) is 35.6 Å². The van der Waals surface area contributed by atoms with Crippen LogP contribution in [0.4, 0.5) is 0 Å². The zero-order valence-electron chi connectivity index (χ0n) is 16.8. The lowest BCUT2D eigenvalue weighted by Crippen LogP contribution is -2.42. The quantitative estimate of drug-likeness (QED) is 0.324. The molecule has 148 valence electrons.